The fourth-order valence-corrected chi connectivity index (χ4v) is 3.14. The summed E-state index contributed by atoms with van der Waals surface area (Å²) in [5.41, 5.74) is 1.35. The zero-order valence-electron chi connectivity index (χ0n) is 14.3. The molecular formula is C19H23N5O. The van der Waals surface area contributed by atoms with Gasteiger partial charge in [-0.1, -0.05) is 30.3 Å². The fourth-order valence-electron chi connectivity index (χ4n) is 3.14. The Balaban J connectivity index is 1.33. The van der Waals surface area contributed by atoms with Crippen molar-refractivity contribution in [2.75, 3.05) is 36.4 Å². The van der Waals surface area contributed by atoms with Gasteiger partial charge in [-0.3, -0.25) is 9.69 Å². The van der Waals surface area contributed by atoms with E-state index >= 15 is 0 Å². The Bertz CT molecular complexity index is 724. The monoisotopic (exact) mass is 337 g/mol. The first-order chi connectivity index (χ1) is 12.3. The highest BCUT2D eigenvalue weighted by Crippen LogP contribution is 2.30. The second-order valence-corrected chi connectivity index (χ2v) is 6.77. The highest BCUT2D eigenvalue weighted by molar-refractivity contribution is 5.93. The van der Waals surface area contributed by atoms with Crippen LogP contribution in [0.15, 0.2) is 42.7 Å². The average Bonchev–Trinajstić information content (AvgIpc) is 3.49. The molecule has 4 rings (SSSR count). The molecule has 1 aliphatic carbocycles. The van der Waals surface area contributed by atoms with Crippen LogP contribution in [0.25, 0.3) is 0 Å². The largest absolute Gasteiger partial charge is 0.354 e. The van der Waals surface area contributed by atoms with Crippen LogP contribution in [-0.4, -0.2) is 47.0 Å². The number of nitrogens with zero attached hydrogens (tertiary/aromatic N) is 4. The summed E-state index contributed by atoms with van der Waals surface area (Å²) >= 11 is 0. The lowest BCUT2D eigenvalue weighted by molar-refractivity contribution is -0.117. The van der Waals surface area contributed by atoms with Crippen LogP contribution in [0.3, 0.4) is 0 Å². The Hall–Kier alpha value is -2.47. The van der Waals surface area contributed by atoms with Crippen molar-refractivity contribution < 1.29 is 4.79 Å². The van der Waals surface area contributed by atoms with Crippen LogP contribution in [0.4, 0.5) is 11.6 Å². The second-order valence-electron chi connectivity index (χ2n) is 6.77. The van der Waals surface area contributed by atoms with Gasteiger partial charge in [-0.2, -0.15) is 0 Å². The average molecular weight is 337 g/mol. The van der Waals surface area contributed by atoms with Crippen molar-refractivity contribution in [1.82, 2.24) is 14.9 Å². The van der Waals surface area contributed by atoms with E-state index in [9.17, 15) is 4.79 Å². The second kappa shape index (κ2) is 7.19. The summed E-state index contributed by atoms with van der Waals surface area (Å²) in [5, 5.41) is 2.90. The predicted octanol–water partition coefficient (Wildman–Crippen LogP) is 2.15. The quantitative estimate of drug-likeness (QED) is 0.906. The summed E-state index contributed by atoms with van der Waals surface area (Å²) in [5.74, 6) is 1.76. The van der Waals surface area contributed by atoms with E-state index < -0.39 is 0 Å². The highest BCUT2D eigenvalue weighted by Gasteiger charge is 2.30. The Kier molecular flexibility index (Phi) is 4.61. The van der Waals surface area contributed by atoms with Crippen molar-refractivity contribution in [3.05, 3.63) is 48.3 Å². The molecule has 1 aliphatic heterocycles. The van der Waals surface area contributed by atoms with Crippen molar-refractivity contribution in [1.29, 1.82) is 0 Å². The van der Waals surface area contributed by atoms with Crippen LogP contribution < -0.4 is 10.2 Å². The molecule has 2 fully saturated rings. The summed E-state index contributed by atoms with van der Waals surface area (Å²) < 4.78 is 0. The van der Waals surface area contributed by atoms with Gasteiger partial charge in [-0.25, -0.2) is 9.97 Å². The molecule has 0 unspecified atom stereocenters. The van der Waals surface area contributed by atoms with E-state index in [2.05, 4.69) is 55.4 Å². The molecule has 0 spiro atoms. The Morgan fingerprint density at radius 1 is 1.08 bits per heavy atom. The van der Waals surface area contributed by atoms with Crippen molar-refractivity contribution in [2.24, 2.45) is 5.92 Å². The first-order valence-electron chi connectivity index (χ1n) is 8.92. The van der Waals surface area contributed by atoms with Gasteiger partial charge in [0.05, 0.1) is 0 Å². The maximum Gasteiger partial charge on any atom is 0.228 e. The van der Waals surface area contributed by atoms with Crippen molar-refractivity contribution >= 4 is 17.5 Å². The molecular weight excluding hydrogens is 314 g/mol. The molecule has 2 heterocycles. The summed E-state index contributed by atoms with van der Waals surface area (Å²) in [6.07, 6.45) is 3.52. The van der Waals surface area contributed by atoms with Crippen LogP contribution in [0, 0.1) is 5.92 Å². The van der Waals surface area contributed by atoms with Gasteiger partial charge in [0.25, 0.3) is 0 Å². The number of benzene rings is 1. The summed E-state index contributed by atoms with van der Waals surface area (Å²) in [7, 11) is 0. The maximum atomic E-state index is 11.9. The topological polar surface area (TPSA) is 61.4 Å². The molecule has 0 atom stereocenters. The minimum absolute atomic E-state index is 0.0809. The normalized spacial score (nSPS) is 18.2. The Morgan fingerprint density at radius 2 is 1.84 bits per heavy atom. The lowest BCUT2D eigenvalue weighted by Crippen LogP contribution is -2.46. The van der Waals surface area contributed by atoms with Crippen LogP contribution in [0.1, 0.15) is 18.4 Å². The van der Waals surface area contributed by atoms with Crippen LogP contribution in [0.5, 0.6) is 0 Å². The molecule has 6 heteroatoms. The van der Waals surface area contributed by atoms with E-state index in [4.69, 9.17) is 0 Å². The SMILES string of the molecule is O=C(Nc1cc(N2CCN(Cc3ccccc3)CC2)ncn1)C1CC1. The van der Waals surface area contributed by atoms with Gasteiger partial charge in [0.2, 0.25) is 5.91 Å². The van der Waals surface area contributed by atoms with Gasteiger partial charge in [0.1, 0.15) is 18.0 Å². The molecule has 130 valence electrons. The van der Waals surface area contributed by atoms with Gasteiger partial charge in [0.15, 0.2) is 0 Å². The molecule has 1 amide bonds. The lowest BCUT2D eigenvalue weighted by atomic mass is 10.2. The maximum absolute atomic E-state index is 11.9. The summed E-state index contributed by atoms with van der Waals surface area (Å²) in [4.78, 5) is 25.2. The van der Waals surface area contributed by atoms with Crippen LogP contribution in [0.2, 0.25) is 0 Å². The van der Waals surface area contributed by atoms with Gasteiger partial charge in [-0.05, 0) is 18.4 Å². The molecule has 1 saturated heterocycles. The molecule has 6 nitrogen and oxygen atoms in total. The minimum atomic E-state index is 0.0809. The van der Waals surface area contributed by atoms with Crippen LogP contribution >= 0.6 is 0 Å². The highest BCUT2D eigenvalue weighted by atomic mass is 16.2. The number of nitrogens with one attached hydrogen (secondary N) is 1. The zero-order valence-corrected chi connectivity index (χ0v) is 14.3. The number of anilines is 2. The van der Waals surface area contributed by atoms with Gasteiger partial charge < -0.3 is 10.2 Å². The summed E-state index contributed by atoms with van der Waals surface area (Å²) in [6, 6.07) is 12.5. The van der Waals surface area contributed by atoms with Crippen LogP contribution in [-0.2, 0) is 11.3 Å². The third-order valence-electron chi connectivity index (χ3n) is 4.80. The number of amides is 1. The van der Waals surface area contributed by atoms with Crippen molar-refractivity contribution in [3.63, 3.8) is 0 Å². The molecule has 1 N–H and O–H groups in total. The lowest BCUT2D eigenvalue weighted by Gasteiger charge is -2.35. The molecule has 0 bridgehead atoms. The van der Waals surface area contributed by atoms with Crippen molar-refractivity contribution in [2.45, 2.75) is 19.4 Å². The molecule has 0 radical (unpaired) electrons. The van der Waals surface area contributed by atoms with E-state index in [1.807, 2.05) is 6.07 Å². The van der Waals surface area contributed by atoms with E-state index in [1.54, 1.807) is 0 Å². The zero-order chi connectivity index (χ0) is 17.1. The standard InChI is InChI=1S/C19H23N5O/c25-19(16-6-7-16)22-17-12-18(21-14-20-17)24-10-8-23(9-11-24)13-15-4-2-1-3-5-15/h1-5,12,14,16H,6-11,13H2,(H,20,21,22,25). The smallest absolute Gasteiger partial charge is 0.228 e. The molecule has 1 aromatic carbocycles. The van der Waals surface area contributed by atoms with Gasteiger partial charge in [0, 0.05) is 44.7 Å². The third kappa shape index (κ3) is 4.14. The third-order valence-corrected chi connectivity index (χ3v) is 4.80. The first kappa shape index (κ1) is 16.0. The van der Waals surface area contributed by atoms with Crippen molar-refractivity contribution in [3.8, 4) is 0 Å². The molecule has 25 heavy (non-hydrogen) atoms. The molecule has 1 aromatic heterocycles. The number of hydrogen-bond acceptors (Lipinski definition) is 5. The molecule has 2 aromatic rings. The number of hydrogen-bond donors (Lipinski definition) is 1. The molecule has 1 saturated carbocycles. The molecule has 2 aliphatic rings. The number of carbonyl (C=O) groups excluding carboxylic acids is 1. The minimum Gasteiger partial charge on any atom is -0.354 e. The number of carbonyl (C=O) groups is 1. The Labute approximate surface area is 147 Å². The fraction of sp³-hybridized carbons (Fsp3) is 0.421. The van der Waals surface area contributed by atoms with Gasteiger partial charge >= 0.3 is 0 Å². The number of aromatic nitrogens is 2. The van der Waals surface area contributed by atoms with E-state index in [-0.39, 0.29) is 11.8 Å². The van der Waals surface area contributed by atoms with E-state index in [0.29, 0.717) is 5.82 Å². The predicted molar refractivity (Wildman–Crippen MR) is 97.3 cm³/mol. The van der Waals surface area contributed by atoms with E-state index in [0.717, 1.165) is 51.4 Å². The first-order valence-corrected chi connectivity index (χ1v) is 8.92. The van der Waals surface area contributed by atoms with E-state index in [1.165, 1.54) is 11.9 Å². The number of rotatable bonds is 5. The number of piperazine rings is 1. The summed E-state index contributed by atoms with van der Waals surface area (Å²) in [6.45, 7) is 4.85. The van der Waals surface area contributed by atoms with Gasteiger partial charge in [-0.15, -0.1) is 0 Å². The Morgan fingerprint density at radius 3 is 2.56 bits per heavy atom.